The van der Waals surface area contributed by atoms with E-state index in [2.05, 4.69) is 9.47 Å². The van der Waals surface area contributed by atoms with Crippen LogP contribution < -0.4 is 0 Å². The first kappa shape index (κ1) is 12.6. The van der Waals surface area contributed by atoms with Crippen LogP contribution in [0.25, 0.3) is 0 Å². The molecular formula is C11H3F3O6. The molecule has 9 heteroatoms. The smallest absolute Gasteiger partial charge is 0.417 e. The first-order chi connectivity index (χ1) is 9.21. The Hall–Kier alpha value is -2.42. The number of halogens is 3. The molecule has 1 atom stereocenters. The van der Waals surface area contributed by atoms with Gasteiger partial charge in [-0.1, -0.05) is 0 Å². The number of aliphatic hydroxyl groups excluding tert-OH is 1. The summed E-state index contributed by atoms with van der Waals surface area (Å²) >= 11 is 0. The number of rotatable bonds is 0. The van der Waals surface area contributed by atoms with Crippen molar-refractivity contribution in [3.8, 4) is 0 Å². The molecule has 0 aromatic heterocycles. The molecule has 0 aliphatic carbocycles. The molecule has 0 amide bonds. The molecule has 2 aliphatic rings. The van der Waals surface area contributed by atoms with Crippen molar-refractivity contribution in [1.82, 2.24) is 0 Å². The molecular weight excluding hydrogens is 285 g/mol. The van der Waals surface area contributed by atoms with Gasteiger partial charge in [0.05, 0.1) is 22.3 Å². The van der Waals surface area contributed by atoms with Crippen molar-refractivity contribution < 1.29 is 42.1 Å². The van der Waals surface area contributed by atoms with Crippen LogP contribution in [0.1, 0.15) is 48.5 Å². The summed E-state index contributed by atoms with van der Waals surface area (Å²) in [6.45, 7) is 0. The van der Waals surface area contributed by atoms with Crippen molar-refractivity contribution in [2.24, 2.45) is 0 Å². The minimum atomic E-state index is -5.08. The van der Waals surface area contributed by atoms with Crippen molar-refractivity contribution in [3.63, 3.8) is 0 Å². The van der Waals surface area contributed by atoms with Gasteiger partial charge in [-0.3, -0.25) is 0 Å². The highest BCUT2D eigenvalue weighted by molar-refractivity contribution is 6.17. The van der Waals surface area contributed by atoms with E-state index in [9.17, 15) is 32.7 Å². The average Bonchev–Trinajstić information content (AvgIpc) is 2.76. The van der Waals surface area contributed by atoms with Crippen LogP contribution in [0, 0.1) is 0 Å². The second-order valence-corrected chi connectivity index (χ2v) is 4.07. The van der Waals surface area contributed by atoms with E-state index in [4.69, 9.17) is 0 Å². The molecule has 3 rings (SSSR count). The predicted octanol–water partition coefficient (Wildman–Crippen LogP) is 1.18. The minimum absolute atomic E-state index is 0.616. The van der Waals surface area contributed by atoms with E-state index >= 15 is 0 Å². The third kappa shape index (κ3) is 1.46. The van der Waals surface area contributed by atoms with Crippen molar-refractivity contribution in [2.45, 2.75) is 12.5 Å². The average molecular weight is 288 g/mol. The summed E-state index contributed by atoms with van der Waals surface area (Å²) in [6, 6.07) is 0.756. The number of esters is 3. The van der Waals surface area contributed by atoms with E-state index in [0.717, 1.165) is 6.07 Å². The normalized spacial score (nSPS) is 20.6. The van der Waals surface area contributed by atoms with Crippen LogP contribution in [0.2, 0.25) is 0 Å². The Morgan fingerprint density at radius 1 is 1.05 bits per heavy atom. The fourth-order valence-electron chi connectivity index (χ4n) is 2.21. The summed E-state index contributed by atoms with van der Waals surface area (Å²) in [5, 5.41) is 9.40. The van der Waals surface area contributed by atoms with E-state index in [1.807, 2.05) is 0 Å². The number of alkyl halides is 3. The highest BCUT2D eigenvalue weighted by Crippen LogP contribution is 2.45. The first-order valence-corrected chi connectivity index (χ1v) is 5.15. The van der Waals surface area contributed by atoms with Crippen LogP contribution in [-0.2, 0) is 15.7 Å². The van der Waals surface area contributed by atoms with Gasteiger partial charge in [-0.25, -0.2) is 14.4 Å². The Balaban J connectivity index is 2.45. The maximum absolute atomic E-state index is 13.1. The summed E-state index contributed by atoms with van der Waals surface area (Å²) in [4.78, 5) is 34.1. The van der Waals surface area contributed by atoms with Crippen LogP contribution in [0.5, 0.6) is 0 Å². The van der Waals surface area contributed by atoms with Gasteiger partial charge in [0, 0.05) is 5.56 Å². The summed E-state index contributed by atoms with van der Waals surface area (Å²) in [5.74, 6) is -3.98. The molecule has 1 N–H and O–H groups in total. The Morgan fingerprint density at radius 3 is 2.30 bits per heavy atom. The monoisotopic (exact) mass is 288 g/mol. The molecule has 0 spiro atoms. The number of aliphatic hydroxyl groups is 1. The van der Waals surface area contributed by atoms with E-state index < -0.39 is 58.2 Å². The van der Waals surface area contributed by atoms with Crippen molar-refractivity contribution in [3.05, 3.63) is 33.9 Å². The molecule has 1 aromatic carbocycles. The number of carbonyl (C=O) groups is 3. The zero-order valence-corrected chi connectivity index (χ0v) is 9.28. The number of ether oxygens (including phenoxy) is 2. The predicted molar refractivity (Wildman–Crippen MR) is 51.6 cm³/mol. The van der Waals surface area contributed by atoms with Gasteiger partial charge in [0.2, 0.25) is 6.29 Å². The number of benzene rings is 1. The summed E-state index contributed by atoms with van der Waals surface area (Å²) < 4.78 is 47.7. The van der Waals surface area contributed by atoms with Gasteiger partial charge in [0.15, 0.2) is 0 Å². The van der Waals surface area contributed by atoms with E-state index in [0.29, 0.717) is 0 Å². The van der Waals surface area contributed by atoms with Gasteiger partial charge in [-0.05, 0) is 6.07 Å². The van der Waals surface area contributed by atoms with Gasteiger partial charge in [0.25, 0.3) is 0 Å². The van der Waals surface area contributed by atoms with Crippen molar-refractivity contribution >= 4 is 17.9 Å². The second-order valence-electron chi connectivity index (χ2n) is 4.07. The third-order valence-corrected chi connectivity index (χ3v) is 2.95. The molecule has 0 radical (unpaired) electrons. The number of hydrogen-bond acceptors (Lipinski definition) is 6. The second kappa shape index (κ2) is 3.57. The van der Waals surface area contributed by atoms with Gasteiger partial charge in [-0.15, -0.1) is 0 Å². The van der Waals surface area contributed by atoms with Crippen molar-refractivity contribution in [2.75, 3.05) is 0 Å². The Kier molecular flexibility index (Phi) is 2.25. The van der Waals surface area contributed by atoms with Crippen LogP contribution in [0.4, 0.5) is 13.2 Å². The number of carbonyl (C=O) groups excluding carboxylic acids is 3. The van der Waals surface area contributed by atoms with Crippen molar-refractivity contribution in [1.29, 1.82) is 0 Å². The highest BCUT2D eigenvalue weighted by Gasteiger charge is 2.50. The lowest BCUT2D eigenvalue weighted by atomic mass is 9.92. The third-order valence-electron chi connectivity index (χ3n) is 2.95. The van der Waals surface area contributed by atoms with Gasteiger partial charge >= 0.3 is 24.1 Å². The summed E-state index contributed by atoms with van der Waals surface area (Å²) in [5.41, 5.74) is -4.77. The van der Waals surface area contributed by atoms with Crippen LogP contribution >= 0.6 is 0 Å². The maximum atomic E-state index is 13.1. The molecule has 2 aliphatic heterocycles. The van der Waals surface area contributed by atoms with E-state index in [1.54, 1.807) is 0 Å². The Bertz CT molecular complexity index is 690. The molecule has 1 unspecified atom stereocenters. The van der Waals surface area contributed by atoms with Crippen LogP contribution in [0.3, 0.4) is 0 Å². The van der Waals surface area contributed by atoms with Gasteiger partial charge in [0.1, 0.15) is 0 Å². The maximum Gasteiger partial charge on any atom is 0.417 e. The van der Waals surface area contributed by atoms with Gasteiger partial charge in [-0.2, -0.15) is 13.2 Å². The standard InChI is InChI=1S/C11H3F3O6/c12-11(13,14)6-4-2(7(15)19-9(4)17)1-3-5(6)10(18)20-8(3)16/h1,9,17H. The van der Waals surface area contributed by atoms with Gasteiger partial charge < -0.3 is 14.6 Å². The molecule has 0 bridgehead atoms. The fraction of sp³-hybridized carbons (Fsp3) is 0.182. The Labute approximate surface area is 107 Å². The largest absolute Gasteiger partial charge is 0.428 e. The molecule has 20 heavy (non-hydrogen) atoms. The minimum Gasteiger partial charge on any atom is -0.428 e. The topological polar surface area (TPSA) is 89.9 Å². The fourth-order valence-corrected chi connectivity index (χ4v) is 2.21. The molecule has 2 heterocycles. The summed E-state index contributed by atoms with van der Waals surface area (Å²) in [7, 11) is 0. The SMILES string of the molecule is O=C1OC(=O)c2c1cc1c(c2C(F)(F)F)C(O)OC1=O. The van der Waals surface area contributed by atoms with E-state index in [-0.39, 0.29) is 0 Å². The molecule has 0 saturated heterocycles. The quantitative estimate of drug-likeness (QED) is 0.569. The molecule has 0 saturated carbocycles. The van der Waals surface area contributed by atoms with E-state index in [1.165, 1.54) is 0 Å². The highest BCUT2D eigenvalue weighted by atomic mass is 19.4. The molecule has 0 fully saturated rings. The lowest BCUT2D eigenvalue weighted by Gasteiger charge is -2.14. The number of cyclic esters (lactones) is 3. The zero-order chi connectivity index (χ0) is 14.8. The first-order valence-electron chi connectivity index (χ1n) is 5.15. The summed E-state index contributed by atoms with van der Waals surface area (Å²) in [6.07, 6.45) is -7.23. The lowest BCUT2D eigenvalue weighted by molar-refractivity contribution is -0.142. The Morgan fingerprint density at radius 2 is 1.70 bits per heavy atom. The van der Waals surface area contributed by atoms with Crippen LogP contribution in [0.15, 0.2) is 6.07 Å². The molecule has 6 nitrogen and oxygen atoms in total. The zero-order valence-electron chi connectivity index (χ0n) is 9.28. The number of hydrogen-bond donors (Lipinski definition) is 1. The van der Waals surface area contributed by atoms with Crippen LogP contribution in [-0.4, -0.2) is 23.0 Å². The lowest BCUT2D eigenvalue weighted by Crippen LogP contribution is -2.17. The molecule has 1 aromatic rings. The number of fused-ring (bicyclic) bond motifs is 2. The molecule has 104 valence electrons.